The first-order valence-corrected chi connectivity index (χ1v) is 12.8. The number of carbonyl (C=O) groups excluding carboxylic acids is 1. The van der Waals surface area contributed by atoms with E-state index in [1.807, 2.05) is 56.3 Å². The van der Waals surface area contributed by atoms with Crippen molar-refractivity contribution in [2.45, 2.75) is 56.6 Å². The predicted molar refractivity (Wildman–Crippen MR) is 123 cm³/mol. The Morgan fingerprint density at radius 2 is 1.72 bits per heavy atom. The SMILES string of the molecule is Cc1ccc(C(NC(=O)C2(c3ccc4c(c3)CS(=O)(=O)C4)CC2)c2ccc(C)o2)c(C)c1. The number of furan rings is 1. The third kappa shape index (κ3) is 3.66. The lowest BCUT2D eigenvalue weighted by atomic mass is 9.90. The van der Waals surface area contributed by atoms with Crippen LogP contribution in [0.1, 0.15) is 63.8 Å². The summed E-state index contributed by atoms with van der Waals surface area (Å²) < 4.78 is 30.0. The summed E-state index contributed by atoms with van der Waals surface area (Å²) in [4.78, 5) is 13.6. The maximum absolute atomic E-state index is 13.6. The Balaban J connectivity index is 1.48. The lowest BCUT2D eigenvalue weighted by Crippen LogP contribution is -2.38. The zero-order valence-electron chi connectivity index (χ0n) is 18.6. The molecule has 0 spiro atoms. The fourth-order valence-electron chi connectivity index (χ4n) is 4.82. The summed E-state index contributed by atoms with van der Waals surface area (Å²) in [7, 11) is -3.08. The topological polar surface area (TPSA) is 76.4 Å². The van der Waals surface area contributed by atoms with Gasteiger partial charge in [-0.2, -0.15) is 0 Å². The first-order valence-electron chi connectivity index (χ1n) is 10.9. The van der Waals surface area contributed by atoms with Gasteiger partial charge in [-0.1, -0.05) is 42.0 Å². The molecule has 1 aliphatic carbocycles. The maximum atomic E-state index is 13.6. The van der Waals surface area contributed by atoms with Crippen molar-refractivity contribution in [3.8, 4) is 0 Å². The van der Waals surface area contributed by atoms with Crippen LogP contribution in [0.5, 0.6) is 0 Å². The molecule has 0 radical (unpaired) electrons. The average Bonchev–Trinajstić information content (AvgIpc) is 3.32. The summed E-state index contributed by atoms with van der Waals surface area (Å²) >= 11 is 0. The molecule has 1 atom stereocenters. The van der Waals surface area contributed by atoms with Crippen LogP contribution < -0.4 is 5.32 Å². The first kappa shape index (κ1) is 21.0. The molecule has 1 unspecified atom stereocenters. The summed E-state index contributed by atoms with van der Waals surface area (Å²) in [6, 6.07) is 15.4. The van der Waals surface area contributed by atoms with E-state index in [0.717, 1.165) is 46.4 Å². The number of amides is 1. The summed E-state index contributed by atoms with van der Waals surface area (Å²) in [5.74, 6) is 1.61. The van der Waals surface area contributed by atoms with E-state index >= 15 is 0 Å². The van der Waals surface area contributed by atoms with Crippen molar-refractivity contribution in [2.24, 2.45) is 0 Å². The normalized spacial score (nSPS) is 18.7. The standard InChI is InChI=1S/C26H27NO4S/c1-16-4-8-22(17(2)12-16)24(23-9-5-18(3)31-23)27-25(28)26(10-11-26)21-7-6-19-14-32(29,30)15-20(19)13-21/h4-9,12-13,24H,10-11,14-15H2,1-3H3,(H,27,28). The van der Waals surface area contributed by atoms with Crippen LogP contribution in [-0.2, 0) is 31.6 Å². The van der Waals surface area contributed by atoms with Crippen molar-refractivity contribution in [3.05, 3.63) is 93.4 Å². The predicted octanol–water partition coefficient (Wildman–Crippen LogP) is 4.57. The van der Waals surface area contributed by atoms with Crippen LogP contribution >= 0.6 is 0 Å². The number of hydrogen-bond donors (Lipinski definition) is 1. The molecule has 3 aromatic rings. The van der Waals surface area contributed by atoms with E-state index in [4.69, 9.17) is 4.42 Å². The van der Waals surface area contributed by atoms with Gasteiger partial charge in [0.25, 0.3) is 0 Å². The van der Waals surface area contributed by atoms with Crippen molar-refractivity contribution in [1.29, 1.82) is 0 Å². The van der Waals surface area contributed by atoms with E-state index in [1.165, 1.54) is 5.56 Å². The minimum atomic E-state index is -3.08. The highest BCUT2D eigenvalue weighted by molar-refractivity contribution is 7.90. The van der Waals surface area contributed by atoms with Crippen LogP contribution in [0.25, 0.3) is 0 Å². The second kappa shape index (κ2) is 7.34. The van der Waals surface area contributed by atoms with Gasteiger partial charge in [-0.3, -0.25) is 4.79 Å². The minimum Gasteiger partial charge on any atom is -0.464 e. The van der Waals surface area contributed by atoms with E-state index in [-0.39, 0.29) is 23.5 Å². The number of nitrogens with one attached hydrogen (secondary N) is 1. The minimum absolute atomic E-state index is 0.0441. The van der Waals surface area contributed by atoms with Crippen molar-refractivity contribution < 1.29 is 17.6 Å². The van der Waals surface area contributed by atoms with E-state index < -0.39 is 15.3 Å². The van der Waals surface area contributed by atoms with Crippen LogP contribution in [-0.4, -0.2) is 14.3 Å². The van der Waals surface area contributed by atoms with Crippen molar-refractivity contribution in [2.75, 3.05) is 0 Å². The van der Waals surface area contributed by atoms with Crippen molar-refractivity contribution in [3.63, 3.8) is 0 Å². The molecule has 5 nitrogen and oxygen atoms in total. The number of hydrogen-bond acceptors (Lipinski definition) is 4. The van der Waals surface area contributed by atoms with Gasteiger partial charge >= 0.3 is 0 Å². The van der Waals surface area contributed by atoms with Crippen LogP contribution in [0.2, 0.25) is 0 Å². The lowest BCUT2D eigenvalue weighted by molar-refractivity contribution is -0.124. The molecular weight excluding hydrogens is 422 g/mol. The molecule has 1 aliphatic heterocycles. The molecular formula is C26H27NO4S. The van der Waals surface area contributed by atoms with Gasteiger partial charge in [0.15, 0.2) is 9.84 Å². The van der Waals surface area contributed by atoms with Crippen molar-refractivity contribution in [1.82, 2.24) is 5.32 Å². The van der Waals surface area contributed by atoms with Crippen LogP contribution in [0.15, 0.2) is 52.9 Å². The van der Waals surface area contributed by atoms with E-state index in [0.29, 0.717) is 5.76 Å². The van der Waals surface area contributed by atoms with Crippen molar-refractivity contribution >= 4 is 15.7 Å². The lowest BCUT2D eigenvalue weighted by Gasteiger charge is -2.24. The molecule has 32 heavy (non-hydrogen) atoms. The smallest absolute Gasteiger partial charge is 0.231 e. The van der Waals surface area contributed by atoms with E-state index in [9.17, 15) is 13.2 Å². The summed E-state index contributed by atoms with van der Waals surface area (Å²) in [6.07, 6.45) is 1.50. The fraction of sp³-hybridized carbons (Fsp3) is 0.346. The Hall–Kier alpha value is -2.86. The van der Waals surface area contributed by atoms with Gasteiger partial charge in [0.1, 0.15) is 17.6 Å². The molecule has 2 aromatic carbocycles. The number of benzene rings is 2. The Morgan fingerprint density at radius 3 is 2.38 bits per heavy atom. The molecule has 2 heterocycles. The van der Waals surface area contributed by atoms with E-state index in [1.54, 1.807) is 0 Å². The second-order valence-electron chi connectivity index (χ2n) is 9.31. The molecule has 1 saturated carbocycles. The summed E-state index contributed by atoms with van der Waals surface area (Å²) in [6.45, 7) is 5.99. The second-order valence-corrected chi connectivity index (χ2v) is 11.4. The molecule has 1 aromatic heterocycles. The number of carbonyl (C=O) groups is 1. The molecule has 5 rings (SSSR count). The van der Waals surface area contributed by atoms with E-state index in [2.05, 4.69) is 18.3 Å². The number of rotatable bonds is 5. The van der Waals surface area contributed by atoms with Gasteiger partial charge in [-0.25, -0.2) is 8.42 Å². The van der Waals surface area contributed by atoms with Gasteiger partial charge in [0.2, 0.25) is 5.91 Å². The molecule has 0 saturated heterocycles. The molecule has 166 valence electrons. The molecule has 6 heteroatoms. The Bertz CT molecular complexity index is 1330. The molecule has 2 aliphatic rings. The molecule has 1 fully saturated rings. The van der Waals surface area contributed by atoms with Gasteiger partial charge in [0, 0.05) is 0 Å². The molecule has 1 N–H and O–H groups in total. The number of fused-ring (bicyclic) bond motifs is 1. The number of aryl methyl sites for hydroxylation is 3. The Kier molecular flexibility index (Phi) is 4.82. The zero-order valence-corrected chi connectivity index (χ0v) is 19.4. The van der Waals surface area contributed by atoms with Crippen LogP contribution in [0.3, 0.4) is 0 Å². The first-order chi connectivity index (χ1) is 15.2. The van der Waals surface area contributed by atoms with Crippen LogP contribution in [0, 0.1) is 20.8 Å². The third-order valence-corrected chi connectivity index (χ3v) is 8.25. The van der Waals surface area contributed by atoms with Gasteiger partial charge in [-0.05, 0) is 73.6 Å². The summed E-state index contributed by atoms with van der Waals surface area (Å²) in [5, 5.41) is 3.26. The Labute approximate surface area is 188 Å². The van der Waals surface area contributed by atoms with Gasteiger partial charge in [-0.15, -0.1) is 0 Å². The highest BCUT2D eigenvalue weighted by Gasteiger charge is 2.52. The average molecular weight is 450 g/mol. The van der Waals surface area contributed by atoms with Gasteiger partial charge < -0.3 is 9.73 Å². The Morgan fingerprint density at radius 1 is 0.969 bits per heavy atom. The molecule has 0 bridgehead atoms. The maximum Gasteiger partial charge on any atom is 0.231 e. The monoisotopic (exact) mass is 449 g/mol. The summed E-state index contributed by atoms with van der Waals surface area (Å²) in [5.41, 5.74) is 5.24. The zero-order chi connectivity index (χ0) is 22.7. The fourth-order valence-corrected chi connectivity index (χ4v) is 6.43. The van der Waals surface area contributed by atoms with Gasteiger partial charge in [0.05, 0.1) is 16.9 Å². The third-order valence-electron chi connectivity index (χ3n) is 6.75. The highest BCUT2D eigenvalue weighted by atomic mass is 32.2. The quantitative estimate of drug-likeness (QED) is 0.619. The highest BCUT2D eigenvalue weighted by Crippen LogP contribution is 2.50. The van der Waals surface area contributed by atoms with Crippen LogP contribution in [0.4, 0.5) is 0 Å². The largest absolute Gasteiger partial charge is 0.464 e. The number of sulfone groups is 1. The molecule has 1 amide bonds.